The molecule has 132 valence electrons. The first-order valence-corrected chi connectivity index (χ1v) is 7.72. The van der Waals surface area contributed by atoms with Gasteiger partial charge in [0.2, 0.25) is 0 Å². The Labute approximate surface area is 160 Å². The van der Waals surface area contributed by atoms with Gasteiger partial charge in [0.15, 0.2) is 5.96 Å². The number of halogens is 1. The van der Waals surface area contributed by atoms with Crippen molar-refractivity contribution in [2.24, 2.45) is 12.0 Å². The number of para-hydroxylation sites is 1. The van der Waals surface area contributed by atoms with Crippen LogP contribution in [-0.2, 0) is 13.6 Å². The lowest BCUT2D eigenvalue weighted by atomic mass is 10.1. The van der Waals surface area contributed by atoms with Crippen molar-refractivity contribution in [2.75, 3.05) is 20.2 Å². The van der Waals surface area contributed by atoms with Crippen LogP contribution in [0.2, 0.25) is 0 Å². The summed E-state index contributed by atoms with van der Waals surface area (Å²) in [5, 5.41) is 10.6. The number of guanidine groups is 1. The smallest absolute Gasteiger partial charge is 0.191 e. The van der Waals surface area contributed by atoms with Crippen LogP contribution in [-0.4, -0.2) is 35.9 Å². The summed E-state index contributed by atoms with van der Waals surface area (Å²) in [7, 11) is 3.68. The van der Waals surface area contributed by atoms with E-state index in [1.165, 1.54) is 0 Å². The van der Waals surface area contributed by atoms with E-state index in [0.717, 1.165) is 28.5 Å². The molecule has 1 heterocycles. The molecule has 0 bridgehead atoms. The summed E-state index contributed by atoms with van der Waals surface area (Å²) in [6.07, 6.45) is 1.78. The quantitative estimate of drug-likeness (QED) is 0.312. The molecule has 2 aromatic rings. The van der Waals surface area contributed by atoms with Gasteiger partial charge in [0.05, 0.1) is 18.8 Å². The molecular formula is C17H26IN5O. The molecule has 1 aromatic heterocycles. The van der Waals surface area contributed by atoms with Crippen molar-refractivity contribution < 1.29 is 4.74 Å². The van der Waals surface area contributed by atoms with Gasteiger partial charge >= 0.3 is 0 Å². The van der Waals surface area contributed by atoms with E-state index in [-0.39, 0.29) is 24.0 Å². The van der Waals surface area contributed by atoms with Crippen molar-refractivity contribution in [1.29, 1.82) is 0 Å². The average Bonchev–Trinajstić information content (AvgIpc) is 2.94. The molecular weight excluding hydrogens is 417 g/mol. The lowest BCUT2D eigenvalue weighted by Gasteiger charge is -2.14. The molecule has 0 unspecified atom stereocenters. The SMILES string of the molecule is CN=C(NCCOc1c(C)cccc1C)NCc1ccnn1C.I. The number of aryl methyl sites for hydroxylation is 3. The predicted octanol–water partition coefficient (Wildman–Crippen LogP) is 2.40. The second-order valence-electron chi connectivity index (χ2n) is 5.37. The van der Waals surface area contributed by atoms with Crippen LogP contribution in [0.25, 0.3) is 0 Å². The maximum absolute atomic E-state index is 5.87. The number of hydrogen-bond acceptors (Lipinski definition) is 3. The Bertz CT molecular complexity index is 649. The van der Waals surface area contributed by atoms with Gasteiger partial charge in [-0.3, -0.25) is 9.67 Å². The fourth-order valence-corrected chi connectivity index (χ4v) is 2.32. The fourth-order valence-electron chi connectivity index (χ4n) is 2.32. The molecule has 0 saturated heterocycles. The summed E-state index contributed by atoms with van der Waals surface area (Å²) >= 11 is 0. The molecule has 0 aliphatic carbocycles. The number of nitrogens with one attached hydrogen (secondary N) is 2. The van der Waals surface area contributed by atoms with Gasteiger partial charge in [0.1, 0.15) is 12.4 Å². The van der Waals surface area contributed by atoms with Gasteiger partial charge < -0.3 is 15.4 Å². The summed E-state index contributed by atoms with van der Waals surface area (Å²) in [4.78, 5) is 4.21. The number of aromatic nitrogens is 2. The van der Waals surface area contributed by atoms with E-state index in [9.17, 15) is 0 Å². The summed E-state index contributed by atoms with van der Waals surface area (Å²) < 4.78 is 7.71. The molecule has 1 aromatic carbocycles. The molecule has 2 N–H and O–H groups in total. The van der Waals surface area contributed by atoms with Gasteiger partial charge in [-0.15, -0.1) is 24.0 Å². The Morgan fingerprint density at radius 1 is 1.21 bits per heavy atom. The molecule has 0 spiro atoms. The summed E-state index contributed by atoms with van der Waals surface area (Å²) in [5.74, 6) is 1.71. The third-order valence-corrected chi connectivity index (χ3v) is 3.63. The Balaban J connectivity index is 0.00000288. The summed E-state index contributed by atoms with van der Waals surface area (Å²) in [6.45, 7) is 6.05. The number of nitrogens with zero attached hydrogens (tertiary/aromatic N) is 3. The molecule has 7 heteroatoms. The van der Waals surface area contributed by atoms with E-state index in [4.69, 9.17) is 4.74 Å². The minimum absolute atomic E-state index is 0. The molecule has 2 rings (SSSR count). The van der Waals surface area contributed by atoms with E-state index in [0.29, 0.717) is 19.7 Å². The van der Waals surface area contributed by atoms with Gasteiger partial charge in [-0.25, -0.2) is 0 Å². The highest BCUT2D eigenvalue weighted by atomic mass is 127. The van der Waals surface area contributed by atoms with Crippen molar-refractivity contribution in [3.05, 3.63) is 47.3 Å². The van der Waals surface area contributed by atoms with Crippen LogP contribution < -0.4 is 15.4 Å². The molecule has 0 atom stereocenters. The van der Waals surface area contributed by atoms with Crippen LogP contribution in [0.1, 0.15) is 16.8 Å². The zero-order valence-corrected chi connectivity index (χ0v) is 17.0. The molecule has 0 radical (unpaired) electrons. The Morgan fingerprint density at radius 2 is 1.92 bits per heavy atom. The molecule has 24 heavy (non-hydrogen) atoms. The Morgan fingerprint density at radius 3 is 2.50 bits per heavy atom. The van der Waals surface area contributed by atoms with Crippen LogP contribution in [0.15, 0.2) is 35.5 Å². The number of rotatable bonds is 6. The molecule has 0 aliphatic rings. The molecule has 6 nitrogen and oxygen atoms in total. The predicted molar refractivity (Wildman–Crippen MR) is 108 cm³/mol. The zero-order chi connectivity index (χ0) is 16.7. The van der Waals surface area contributed by atoms with Crippen molar-refractivity contribution in [2.45, 2.75) is 20.4 Å². The van der Waals surface area contributed by atoms with Crippen LogP contribution in [0.3, 0.4) is 0 Å². The van der Waals surface area contributed by atoms with Gasteiger partial charge in [0.25, 0.3) is 0 Å². The third-order valence-electron chi connectivity index (χ3n) is 3.63. The third kappa shape index (κ3) is 5.70. The number of aliphatic imine (C=N–C) groups is 1. The van der Waals surface area contributed by atoms with Crippen molar-refractivity contribution in [3.63, 3.8) is 0 Å². The van der Waals surface area contributed by atoms with Gasteiger partial charge in [-0.1, -0.05) is 18.2 Å². The summed E-state index contributed by atoms with van der Waals surface area (Å²) in [5.41, 5.74) is 3.41. The van der Waals surface area contributed by atoms with Crippen LogP contribution in [0.4, 0.5) is 0 Å². The lowest BCUT2D eigenvalue weighted by molar-refractivity contribution is 0.317. The van der Waals surface area contributed by atoms with Crippen molar-refractivity contribution in [3.8, 4) is 5.75 Å². The maximum Gasteiger partial charge on any atom is 0.191 e. The number of ether oxygens (including phenoxy) is 1. The topological polar surface area (TPSA) is 63.5 Å². The zero-order valence-electron chi connectivity index (χ0n) is 14.7. The molecule has 0 fully saturated rings. The van der Waals surface area contributed by atoms with Crippen LogP contribution >= 0.6 is 24.0 Å². The van der Waals surface area contributed by atoms with Crippen LogP contribution in [0, 0.1) is 13.8 Å². The first kappa shape index (κ1) is 20.3. The molecule has 0 aliphatic heterocycles. The minimum atomic E-state index is 0. The highest BCUT2D eigenvalue weighted by Gasteiger charge is 2.04. The van der Waals surface area contributed by atoms with Gasteiger partial charge in [0, 0.05) is 20.3 Å². The normalized spacial score (nSPS) is 10.9. The Hall–Kier alpha value is -1.77. The van der Waals surface area contributed by atoms with E-state index in [1.54, 1.807) is 13.2 Å². The second kappa shape index (κ2) is 10.2. The van der Waals surface area contributed by atoms with E-state index >= 15 is 0 Å². The minimum Gasteiger partial charge on any atom is -0.491 e. The highest BCUT2D eigenvalue weighted by Crippen LogP contribution is 2.21. The molecule has 0 saturated carbocycles. The average molecular weight is 443 g/mol. The second-order valence-corrected chi connectivity index (χ2v) is 5.37. The molecule has 0 amide bonds. The first-order valence-electron chi connectivity index (χ1n) is 7.72. The highest BCUT2D eigenvalue weighted by molar-refractivity contribution is 14.0. The number of benzene rings is 1. The van der Waals surface area contributed by atoms with Crippen molar-refractivity contribution in [1.82, 2.24) is 20.4 Å². The fraction of sp³-hybridized carbons (Fsp3) is 0.412. The maximum atomic E-state index is 5.87. The standard InChI is InChI=1S/C17H25N5O.HI/c1-13-6-5-7-14(2)16(13)23-11-10-19-17(18-3)20-12-15-8-9-21-22(15)4;/h5-9H,10-12H2,1-4H3,(H2,18,19,20);1H. The van der Waals surface area contributed by atoms with Crippen LogP contribution in [0.5, 0.6) is 5.75 Å². The number of hydrogen-bond donors (Lipinski definition) is 2. The van der Waals surface area contributed by atoms with Gasteiger partial charge in [-0.05, 0) is 31.0 Å². The van der Waals surface area contributed by atoms with E-state index in [2.05, 4.69) is 46.7 Å². The monoisotopic (exact) mass is 443 g/mol. The van der Waals surface area contributed by atoms with E-state index < -0.39 is 0 Å². The Kier molecular flexibility index (Phi) is 8.59. The van der Waals surface area contributed by atoms with E-state index in [1.807, 2.05) is 23.9 Å². The van der Waals surface area contributed by atoms with Crippen molar-refractivity contribution >= 4 is 29.9 Å². The van der Waals surface area contributed by atoms with Gasteiger partial charge in [-0.2, -0.15) is 5.10 Å². The summed E-state index contributed by atoms with van der Waals surface area (Å²) in [6, 6.07) is 8.14. The first-order chi connectivity index (χ1) is 11.1. The largest absolute Gasteiger partial charge is 0.491 e. The lowest BCUT2D eigenvalue weighted by Crippen LogP contribution is -2.39.